The Balaban J connectivity index is 1.97. The summed E-state index contributed by atoms with van der Waals surface area (Å²) in [7, 11) is 1.84. The Morgan fingerprint density at radius 3 is 3.00 bits per heavy atom. The fourth-order valence-corrected chi connectivity index (χ4v) is 3.38. The standard InChI is InChI=1S/C14H14BrClN4/c1-17-12-13(16)18-8-19-14(12)20-6-5-10-9(7-20)3-2-4-11(10)15/h2-4,8,17H,5-7H2,1H3. The highest BCUT2D eigenvalue weighted by Crippen LogP contribution is 2.33. The molecule has 104 valence electrons. The summed E-state index contributed by atoms with van der Waals surface area (Å²) < 4.78 is 1.18. The second kappa shape index (κ2) is 5.58. The third kappa shape index (κ3) is 2.36. The highest BCUT2D eigenvalue weighted by molar-refractivity contribution is 9.10. The number of fused-ring (bicyclic) bond motifs is 1. The Morgan fingerprint density at radius 2 is 2.20 bits per heavy atom. The van der Waals surface area contributed by atoms with Gasteiger partial charge >= 0.3 is 0 Å². The Hall–Kier alpha value is -1.33. The first kappa shape index (κ1) is 13.6. The van der Waals surface area contributed by atoms with Gasteiger partial charge in [0.05, 0.1) is 0 Å². The molecule has 0 saturated carbocycles. The quantitative estimate of drug-likeness (QED) is 0.839. The summed E-state index contributed by atoms with van der Waals surface area (Å²) in [6.45, 7) is 1.74. The predicted molar refractivity (Wildman–Crippen MR) is 85.5 cm³/mol. The van der Waals surface area contributed by atoms with Crippen molar-refractivity contribution in [1.29, 1.82) is 0 Å². The Bertz CT molecular complexity index is 647. The molecule has 1 N–H and O–H groups in total. The average Bonchev–Trinajstić information content (AvgIpc) is 2.47. The van der Waals surface area contributed by atoms with Gasteiger partial charge in [0.1, 0.15) is 12.0 Å². The van der Waals surface area contributed by atoms with Crippen LogP contribution in [0.15, 0.2) is 29.0 Å². The topological polar surface area (TPSA) is 41.1 Å². The zero-order chi connectivity index (χ0) is 14.1. The van der Waals surface area contributed by atoms with E-state index >= 15 is 0 Å². The monoisotopic (exact) mass is 352 g/mol. The third-order valence-corrected chi connectivity index (χ3v) is 4.57. The molecule has 0 spiro atoms. The van der Waals surface area contributed by atoms with Crippen LogP contribution in [0.2, 0.25) is 5.15 Å². The van der Waals surface area contributed by atoms with E-state index in [2.05, 4.69) is 54.3 Å². The lowest BCUT2D eigenvalue weighted by atomic mass is 10.00. The zero-order valence-corrected chi connectivity index (χ0v) is 13.4. The van der Waals surface area contributed by atoms with E-state index in [-0.39, 0.29) is 0 Å². The first-order valence-corrected chi connectivity index (χ1v) is 7.57. The maximum absolute atomic E-state index is 6.13. The molecule has 2 heterocycles. The molecule has 6 heteroatoms. The molecule has 1 aliphatic rings. The summed E-state index contributed by atoms with van der Waals surface area (Å²) in [6, 6.07) is 6.32. The van der Waals surface area contributed by atoms with E-state index in [0.717, 1.165) is 31.0 Å². The number of rotatable bonds is 2. The first-order valence-electron chi connectivity index (χ1n) is 6.40. The summed E-state index contributed by atoms with van der Waals surface area (Å²) in [5.74, 6) is 0.859. The molecule has 0 aliphatic carbocycles. The van der Waals surface area contributed by atoms with Crippen molar-refractivity contribution in [2.75, 3.05) is 23.8 Å². The minimum atomic E-state index is 0.456. The zero-order valence-electron chi connectivity index (χ0n) is 11.0. The Labute approximate surface area is 131 Å². The van der Waals surface area contributed by atoms with Crippen molar-refractivity contribution in [3.63, 3.8) is 0 Å². The highest BCUT2D eigenvalue weighted by atomic mass is 79.9. The van der Waals surface area contributed by atoms with Crippen LogP contribution < -0.4 is 10.2 Å². The molecule has 1 aliphatic heterocycles. The summed E-state index contributed by atoms with van der Waals surface area (Å²) in [5, 5.41) is 3.54. The largest absolute Gasteiger partial charge is 0.383 e. The van der Waals surface area contributed by atoms with Crippen molar-refractivity contribution < 1.29 is 0 Å². The van der Waals surface area contributed by atoms with Gasteiger partial charge in [0.25, 0.3) is 0 Å². The highest BCUT2D eigenvalue weighted by Gasteiger charge is 2.22. The second-order valence-electron chi connectivity index (χ2n) is 4.66. The van der Waals surface area contributed by atoms with Crippen LogP contribution in [0.1, 0.15) is 11.1 Å². The fourth-order valence-electron chi connectivity index (χ4n) is 2.55. The molecule has 3 rings (SSSR count). The van der Waals surface area contributed by atoms with Crippen molar-refractivity contribution in [3.8, 4) is 0 Å². The van der Waals surface area contributed by atoms with E-state index < -0.39 is 0 Å². The van der Waals surface area contributed by atoms with E-state index in [1.807, 2.05) is 7.05 Å². The van der Waals surface area contributed by atoms with Gasteiger partial charge in [-0.1, -0.05) is 39.7 Å². The maximum atomic E-state index is 6.13. The van der Waals surface area contributed by atoms with Crippen LogP contribution in [-0.2, 0) is 13.0 Å². The number of aromatic nitrogens is 2. The number of anilines is 2. The van der Waals surface area contributed by atoms with Gasteiger partial charge in [0, 0.05) is 24.6 Å². The van der Waals surface area contributed by atoms with Crippen molar-refractivity contribution in [2.24, 2.45) is 0 Å². The molecular weight excluding hydrogens is 340 g/mol. The van der Waals surface area contributed by atoms with Gasteiger partial charge in [-0.2, -0.15) is 0 Å². The molecule has 0 radical (unpaired) electrons. The molecule has 0 unspecified atom stereocenters. The second-order valence-corrected chi connectivity index (χ2v) is 5.87. The Kier molecular flexibility index (Phi) is 3.81. The molecule has 0 saturated heterocycles. The number of hydrogen-bond donors (Lipinski definition) is 1. The summed E-state index contributed by atoms with van der Waals surface area (Å²) in [5.41, 5.74) is 3.49. The molecule has 0 fully saturated rings. The molecule has 1 aromatic carbocycles. The van der Waals surface area contributed by atoms with Crippen molar-refractivity contribution in [2.45, 2.75) is 13.0 Å². The fraction of sp³-hybridized carbons (Fsp3) is 0.286. The van der Waals surface area contributed by atoms with E-state index in [0.29, 0.717) is 5.15 Å². The average molecular weight is 354 g/mol. The van der Waals surface area contributed by atoms with Crippen LogP contribution in [-0.4, -0.2) is 23.6 Å². The number of benzene rings is 1. The van der Waals surface area contributed by atoms with Crippen LogP contribution in [0.3, 0.4) is 0 Å². The predicted octanol–water partition coefficient (Wildman–Crippen LogP) is 3.50. The van der Waals surface area contributed by atoms with Gasteiger partial charge in [0.15, 0.2) is 11.0 Å². The molecule has 0 atom stereocenters. The van der Waals surface area contributed by atoms with Crippen LogP contribution in [0.25, 0.3) is 0 Å². The van der Waals surface area contributed by atoms with Gasteiger partial charge in [-0.05, 0) is 23.6 Å². The summed E-state index contributed by atoms with van der Waals surface area (Å²) in [4.78, 5) is 10.6. The lowest BCUT2D eigenvalue weighted by Gasteiger charge is -2.31. The number of nitrogens with zero attached hydrogens (tertiary/aromatic N) is 3. The lowest BCUT2D eigenvalue weighted by molar-refractivity contribution is 0.718. The van der Waals surface area contributed by atoms with Crippen molar-refractivity contribution in [1.82, 2.24) is 9.97 Å². The smallest absolute Gasteiger partial charge is 0.157 e. The summed E-state index contributed by atoms with van der Waals surface area (Å²) >= 11 is 9.75. The van der Waals surface area contributed by atoms with Crippen LogP contribution in [0, 0.1) is 0 Å². The van der Waals surface area contributed by atoms with Gasteiger partial charge in [-0.25, -0.2) is 9.97 Å². The van der Waals surface area contributed by atoms with Crippen molar-refractivity contribution in [3.05, 3.63) is 45.3 Å². The van der Waals surface area contributed by atoms with Gasteiger partial charge in [-0.15, -0.1) is 0 Å². The van der Waals surface area contributed by atoms with Crippen molar-refractivity contribution >= 4 is 39.0 Å². The van der Waals surface area contributed by atoms with Gasteiger partial charge < -0.3 is 10.2 Å². The minimum absolute atomic E-state index is 0.456. The van der Waals surface area contributed by atoms with E-state index in [1.54, 1.807) is 0 Å². The minimum Gasteiger partial charge on any atom is -0.383 e. The van der Waals surface area contributed by atoms with Crippen LogP contribution in [0.5, 0.6) is 0 Å². The number of nitrogens with one attached hydrogen (secondary N) is 1. The molecule has 20 heavy (non-hydrogen) atoms. The number of halogens is 2. The van der Waals surface area contributed by atoms with Crippen LogP contribution in [0.4, 0.5) is 11.5 Å². The molecule has 4 nitrogen and oxygen atoms in total. The summed E-state index contributed by atoms with van der Waals surface area (Å²) in [6.07, 6.45) is 2.50. The molecule has 0 amide bonds. The van der Waals surface area contributed by atoms with E-state index in [4.69, 9.17) is 11.6 Å². The normalized spacial score (nSPS) is 14.1. The molecule has 1 aromatic heterocycles. The lowest BCUT2D eigenvalue weighted by Crippen LogP contribution is -2.31. The van der Waals surface area contributed by atoms with E-state index in [1.165, 1.54) is 21.9 Å². The first-order chi connectivity index (χ1) is 9.70. The molecule has 2 aromatic rings. The van der Waals surface area contributed by atoms with E-state index in [9.17, 15) is 0 Å². The Morgan fingerprint density at radius 1 is 1.35 bits per heavy atom. The number of hydrogen-bond acceptors (Lipinski definition) is 4. The van der Waals surface area contributed by atoms with Crippen LogP contribution >= 0.6 is 27.5 Å². The third-order valence-electron chi connectivity index (χ3n) is 3.54. The molecular formula is C14H14BrClN4. The van der Waals surface area contributed by atoms with Gasteiger partial charge in [-0.3, -0.25) is 0 Å². The molecule has 0 bridgehead atoms. The maximum Gasteiger partial charge on any atom is 0.157 e. The SMILES string of the molecule is CNc1c(Cl)ncnc1N1CCc2c(Br)cccc2C1. The van der Waals surface area contributed by atoms with Gasteiger partial charge in [0.2, 0.25) is 0 Å².